The number of nitrogens with zero attached hydrogens (tertiary/aromatic N) is 2. The number of hydrogen-bond acceptors (Lipinski definition) is 3. The van der Waals surface area contributed by atoms with Gasteiger partial charge in [0, 0.05) is 29.7 Å². The monoisotopic (exact) mass is 345 g/mol. The van der Waals surface area contributed by atoms with Gasteiger partial charge in [0.2, 0.25) is 0 Å². The largest absolute Gasteiger partial charge is 0.372 e. The van der Waals surface area contributed by atoms with Crippen molar-refractivity contribution in [2.45, 2.75) is 6.42 Å². The molecule has 0 aliphatic carbocycles. The highest BCUT2D eigenvalue weighted by Gasteiger charge is 2.07. The van der Waals surface area contributed by atoms with Crippen LogP contribution in [0.3, 0.4) is 0 Å². The van der Waals surface area contributed by atoms with Crippen molar-refractivity contribution in [2.24, 2.45) is 0 Å². The summed E-state index contributed by atoms with van der Waals surface area (Å²) in [6.07, 6.45) is 2.29. The maximum atomic E-state index is 6.12. The molecule has 0 unspecified atom stereocenters. The molecule has 2 rings (SSSR count). The van der Waals surface area contributed by atoms with Crippen molar-refractivity contribution in [3.63, 3.8) is 0 Å². The fourth-order valence-electron chi connectivity index (χ4n) is 1.50. The maximum absolute atomic E-state index is 6.12. The molecule has 3 nitrogen and oxygen atoms in total. The van der Waals surface area contributed by atoms with Gasteiger partial charge in [0.15, 0.2) is 0 Å². The number of rotatable bonds is 3. The van der Waals surface area contributed by atoms with Gasteiger partial charge in [0.25, 0.3) is 0 Å². The molecule has 0 radical (unpaired) electrons. The summed E-state index contributed by atoms with van der Waals surface area (Å²) in [5.41, 5.74) is 0.949. The molecule has 0 aliphatic rings. The van der Waals surface area contributed by atoms with Gasteiger partial charge in [-0.1, -0.05) is 29.3 Å². The first kappa shape index (κ1) is 13.6. The smallest absolute Gasteiger partial charge is 0.143 e. The van der Waals surface area contributed by atoms with Crippen LogP contribution < -0.4 is 5.32 Å². The van der Waals surface area contributed by atoms with Crippen molar-refractivity contribution < 1.29 is 0 Å². The van der Waals surface area contributed by atoms with Gasteiger partial charge in [-0.2, -0.15) is 0 Å². The second-order valence-electron chi connectivity index (χ2n) is 3.65. The molecule has 0 bridgehead atoms. The molecule has 0 amide bonds. The molecule has 0 fully saturated rings. The van der Waals surface area contributed by atoms with Crippen LogP contribution in [-0.2, 0) is 6.42 Å². The molecule has 0 atom stereocenters. The average molecular weight is 347 g/mol. The molecule has 1 heterocycles. The number of hydrogen-bond donors (Lipinski definition) is 1. The minimum Gasteiger partial charge on any atom is -0.372 e. The van der Waals surface area contributed by atoms with Crippen molar-refractivity contribution in [1.82, 2.24) is 9.97 Å². The molecule has 1 N–H and O–H groups in total. The van der Waals surface area contributed by atoms with Gasteiger partial charge in [-0.05, 0) is 33.6 Å². The van der Waals surface area contributed by atoms with E-state index in [1.165, 1.54) is 0 Å². The Bertz CT molecular complexity index is 575. The first-order valence-corrected chi connectivity index (χ1v) is 6.78. The van der Waals surface area contributed by atoms with Gasteiger partial charge in [0.05, 0.1) is 4.47 Å². The van der Waals surface area contributed by atoms with Crippen LogP contribution in [0.25, 0.3) is 0 Å². The first-order chi connectivity index (χ1) is 8.60. The van der Waals surface area contributed by atoms with Crippen LogP contribution in [0.5, 0.6) is 0 Å². The van der Waals surface area contributed by atoms with Crippen LogP contribution in [-0.4, -0.2) is 17.0 Å². The highest BCUT2D eigenvalue weighted by molar-refractivity contribution is 9.10. The summed E-state index contributed by atoms with van der Waals surface area (Å²) >= 11 is 15.3. The zero-order valence-electron chi connectivity index (χ0n) is 9.54. The maximum Gasteiger partial charge on any atom is 0.143 e. The standard InChI is InChI=1S/C12H10BrCl2N3/c1-16-12-9(13)6-17-11(18-12)4-7-2-3-8(14)5-10(7)15/h2-3,5-6H,4H2,1H3,(H,16,17,18). The molecule has 0 spiro atoms. The fraction of sp³-hybridized carbons (Fsp3) is 0.167. The molecule has 0 aliphatic heterocycles. The predicted octanol–water partition coefficient (Wildman–Crippen LogP) is 4.18. The van der Waals surface area contributed by atoms with E-state index in [0.29, 0.717) is 22.3 Å². The van der Waals surface area contributed by atoms with Crippen LogP contribution in [0.15, 0.2) is 28.9 Å². The molecular formula is C12H10BrCl2N3. The summed E-state index contributed by atoms with van der Waals surface area (Å²) in [4.78, 5) is 8.64. The quantitative estimate of drug-likeness (QED) is 0.905. The van der Waals surface area contributed by atoms with Gasteiger partial charge >= 0.3 is 0 Å². The Labute approximate surface area is 124 Å². The summed E-state index contributed by atoms with van der Waals surface area (Å²) < 4.78 is 0.830. The van der Waals surface area contributed by atoms with E-state index in [0.717, 1.165) is 15.9 Å². The van der Waals surface area contributed by atoms with Crippen LogP contribution >= 0.6 is 39.1 Å². The Morgan fingerprint density at radius 3 is 2.78 bits per heavy atom. The minimum absolute atomic E-state index is 0.567. The van der Waals surface area contributed by atoms with Crippen molar-refractivity contribution in [1.29, 1.82) is 0 Å². The van der Waals surface area contributed by atoms with Crippen molar-refractivity contribution in [2.75, 3.05) is 12.4 Å². The third kappa shape index (κ3) is 3.13. The second kappa shape index (κ2) is 5.87. The van der Waals surface area contributed by atoms with E-state index in [1.54, 1.807) is 18.3 Å². The topological polar surface area (TPSA) is 37.8 Å². The lowest BCUT2D eigenvalue weighted by Crippen LogP contribution is -2.01. The SMILES string of the molecule is CNc1nc(Cc2ccc(Cl)cc2Cl)ncc1Br. The highest BCUT2D eigenvalue weighted by Crippen LogP contribution is 2.24. The number of benzene rings is 1. The molecule has 0 saturated heterocycles. The van der Waals surface area contributed by atoms with Crippen molar-refractivity contribution in [3.8, 4) is 0 Å². The van der Waals surface area contributed by atoms with Crippen LogP contribution in [0.4, 0.5) is 5.82 Å². The van der Waals surface area contributed by atoms with E-state index < -0.39 is 0 Å². The predicted molar refractivity (Wildman–Crippen MR) is 78.5 cm³/mol. The summed E-state index contributed by atoms with van der Waals surface area (Å²) in [6, 6.07) is 5.41. The summed E-state index contributed by atoms with van der Waals surface area (Å²) in [6.45, 7) is 0. The molecule has 94 valence electrons. The first-order valence-electron chi connectivity index (χ1n) is 5.23. The normalized spacial score (nSPS) is 10.4. The lowest BCUT2D eigenvalue weighted by Gasteiger charge is -2.07. The number of aromatic nitrogens is 2. The molecular weight excluding hydrogens is 337 g/mol. The molecule has 2 aromatic rings. The van der Waals surface area contributed by atoms with E-state index in [4.69, 9.17) is 23.2 Å². The lowest BCUT2D eigenvalue weighted by molar-refractivity contribution is 0.963. The third-order valence-corrected chi connectivity index (χ3v) is 3.56. The number of anilines is 1. The van der Waals surface area contributed by atoms with E-state index >= 15 is 0 Å². The Balaban J connectivity index is 2.28. The van der Waals surface area contributed by atoms with E-state index in [9.17, 15) is 0 Å². The fourth-order valence-corrected chi connectivity index (χ4v) is 2.36. The van der Waals surface area contributed by atoms with Crippen molar-refractivity contribution in [3.05, 3.63) is 50.3 Å². The van der Waals surface area contributed by atoms with Gasteiger partial charge in [-0.25, -0.2) is 9.97 Å². The van der Waals surface area contributed by atoms with E-state index in [2.05, 4.69) is 31.2 Å². The number of nitrogens with one attached hydrogen (secondary N) is 1. The summed E-state index contributed by atoms with van der Waals surface area (Å²) in [5, 5.41) is 4.24. The average Bonchev–Trinajstić information content (AvgIpc) is 2.35. The number of halogens is 3. The van der Waals surface area contributed by atoms with Gasteiger partial charge < -0.3 is 5.32 Å². The van der Waals surface area contributed by atoms with Gasteiger partial charge in [-0.3, -0.25) is 0 Å². The Morgan fingerprint density at radius 1 is 1.33 bits per heavy atom. The van der Waals surface area contributed by atoms with Crippen LogP contribution in [0.2, 0.25) is 10.0 Å². The molecule has 1 aromatic carbocycles. The second-order valence-corrected chi connectivity index (χ2v) is 5.34. The summed E-state index contributed by atoms with van der Waals surface area (Å²) in [5.74, 6) is 1.46. The Morgan fingerprint density at radius 2 is 2.11 bits per heavy atom. The van der Waals surface area contributed by atoms with Gasteiger partial charge in [0.1, 0.15) is 11.6 Å². The highest BCUT2D eigenvalue weighted by atomic mass is 79.9. The van der Waals surface area contributed by atoms with Gasteiger partial charge in [-0.15, -0.1) is 0 Å². The zero-order valence-corrected chi connectivity index (χ0v) is 12.6. The lowest BCUT2D eigenvalue weighted by atomic mass is 10.1. The summed E-state index contributed by atoms with van der Waals surface area (Å²) in [7, 11) is 1.81. The zero-order chi connectivity index (χ0) is 13.1. The Hall–Kier alpha value is -0.840. The molecule has 1 aromatic heterocycles. The molecule has 6 heteroatoms. The van der Waals surface area contributed by atoms with E-state index in [-0.39, 0.29) is 0 Å². The third-order valence-electron chi connectivity index (χ3n) is 2.39. The minimum atomic E-state index is 0.567. The van der Waals surface area contributed by atoms with Crippen LogP contribution in [0.1, 0.15) is 11.4 Å². The molecule has 18 heavy (non-hydrogen) atoms. The Kier molecular flexibility index (Phi) is 4.43. The molecule has 0 saturated carbocycles. The van der Waals surface area contributed by atoms with E-state index in [1.807, 2.05) is 13.1 Å². The van der Waals surface area contributed by atoms with Crippen LogP contribution in [0, 0.1) is 0 Å². The van der Waals surface area contributed by atoms with Crippen molar-refractivity contribution >= 4 is 44.9 Å².